The highest BCUT2D eigenvalue weighted by molar-refractivity contribution is 5.87. The van der Waals surface area contributed by atoms with Crippen molar-refractivity contribution in [3.63, 3.8) is 0 Å². The molecule has 2 aromatic carbocycles. The predicted molar refractivity (Wildman–Crippen MR) is 103 cm³/mol. The van der Waals surface area contributed by atoms with Gasteiger partial charge in [-0.15, -0.1) is 0 Å². The molecule has 0 aliphatic heterocycles. The topological polar surface area (TPSA) is 80.4 Å². The normalized spacial score (nSPS) is 12.4. The molecular weight excluding hydrogens is 401 g/mol. The Morgan fingerprint density at radius 2 is 1.90 bits per heavy atom. The SMILES string of the molecule is COC(=O)C(Cc1c[nH]c2ccccc12)NC(=O)COc1cccc(C(F)(F)F)c1. The molecule has 0 fully saturated rings. The van der Waals surface area contributed by atoms with Crippen molar-refractivity contribution in [2.24, 2.45) is 0 Å². The van der Waals surface area contributed by atoms with Gasteiger partial charge in [0.25, 0.3) is 5.91 Å². The van der Waals surface area contributed by atoms with E-state index >= 15 is 0 Å². The van der Waals surface area contributed by atoms with E-state index in [0.717, 1.165) is 28.6 Å². The van der Waals surface area contributed by atoms with Gasteiger partial charge in [0.2, 0.25) is 0 Å². The summed E-state index contributed by atoms with van der Waals surface area (Å²) in [7, 11) is 1.20. The van der Waals surface area contributed by atoms with E-state index in [0.29, 0.717) is 0 Å². The lowest BCUT2D eigenvalue weighted by Crippen LogP contribution is -2.44. The van der Waals surface area contributed by atoms with Crippen molar-refractivity contribution in [1.82, 2.24) is 10.3 Å². The second-order valence-electron chi connectivity index (χ2n) is 6.52. The van der Waals surface area contributed by atoms with E-state index in [1.807, 2.05) is 24.3 Å². The molecule has 158 valence electrons. The number of rotatable bonds is 7. The molecule has 2 N–H and O–H groups in total. The molecule has 1 aromatic heterocycles. The fourth-order valence-electron chi connectivity index (χ4n) is 3.00. The van der Waals surface area contributed by atoms with Crippen LogP contribution >= 0.6 is 0 Å². The predicted octanol–water partition coefficient (Wildman–Crippen LogP) is 3.47. The Morgan fingerprint density at radius 1 is 1.13 bits per heavy atom. The zero-order chi connectivity index (χ0) is 21.7. The number of carbonyl (C=O) groups is 2. The van der Waals surface area contributed by atoms with Gasteiger partial charge in [-0.25, -0.2) is 4.79 Å². The molecule has 0 spiro atoms. The molecule has 9 heteroatoms. The highest BCUT2D eigenvalue weighted by atomic mass is 19.4. The molecule has 0 aliphatic carbocycles. The largest absolute Gasteiger partial charge is 0.484 e. The number of esters is 1. The highest BCUT2D eigenvalue weighted by Crippen LogP contribution is 2.31. The van der Waals surface area contributed by atoms with Gasteiger partial charge in [0.05, 0.1) is 12.7 Å². The summed E-state index contributed by atoms with van der Waals surface area (Å²) in [6.07, 6.45) is -2.60. The minimum atomic E-state index is -4.52. The van der Waals surface area contributed by atoms with E-state index in [4.69, 9.17) is 9.47 Å². The number of alkyl halides is 3. The number of fused-ring (bicyclic) bond motifs is 1. The molecule has 3 aromatic rings. The molecule has 6 nitrogen and oxygen atoms in total. The van der Waals surface area contributed by atoms with Gasteiger partial charge in [0, 0.05) is 23.5 Å². The van der Waals surface area contributed by atoms with Crippen LogP contribution in [0.4, 0.5) is 13.2 Å². The number of halogens is 3. The third kappa shape index (κ3) is 5.11. The minimum absolute atomic E-state index is 0.105. The molecule has 0 saturated carbocycles. The first-order valence-corrected chi connectivity index (χ1v) is 9.00. The number of H-pyrrole nitrogens is 1. The van der Waals surface area contributed by atoms with Gasteiger partial charge in [0.15, 0.2) is 6.61 Å². The molecule has 0 bridgehead atoms. The van der Waals surface area contributed by atoms with Gasteiger partial charge in [-0.2, -0.15) is 13.2 Å². The van der Waals surface area contributed by atoms with E-state index in [9.17, 15) is 22.8 Å². The standard InChI is InChI=1S/C21H19F3N2O4/c1-29-20(28)18(9-13-11-25-17-8-3-2-7-16(13)17)26-19(27)12-30-15-6-4-5-14(10-15)21(22,23)24/h2-8,10-11,18,25H,9,12H2,1H3,(H,26,27). The number of nitrogens with one attached hydrogen (secondary N) is 2. The Balaban J connectivity index is 1.65. The van der Waals surface area contributed by atoms with Crippen molar-refractivity contribution in [2.45, 2.75) is 18.6 Å². The molecule has 1 atom stereocenters. The van der Waals surface area contributed by atoms with E-state index in [2.05, 4.69) is 10.3 Å². The van der Waals surface area contributed by atoms with Crippen molar-refractivity contribution in [1.29, 1.82) is 0 Å². The van der Waals surface area contributed by atoms with Gasteiger partial charge >= 0.3 is 12.1 Å². The Kier molecular flexibility index (Phi) is 6.29. The summed E-state index contributed by atoms with van der Waals surface area (Å²) in [5.41, 5.74) is 0.808. The summed E-state index contributed by atoms with van der Waals surface area (Å²) in [6.45, 7) is -0.553. The monoisotopic (exact) mass is 420 g/mol. The number of aromatic nitrogens is 1. The number of amides is 1. The summed E-state index contributed by atoms with van der Waals surface area (Å²) < 4.78 is 48.2. The van der Waals surface area contributed by atoms with Crippen LogP contribution < -0.4 is 10.1 Å². The summed E-state index contributed by atoms with van der Waals surface area (Å²) in [6, 6.07) is 10.7. The fourth-order valence-corrected chi connectivity index (χ4v) is 3.00. The second-order valence-corrected chi connectivity index (χ2v) is 6.52. The zero-order valence-corrected chi connectivity index (χ0v) is 16.0. The molecule has 30 heavy (non-hydrogen) atoms. The van der Waals surface area contributed by atoms with Crippen LogP contribution in [0.2, 0.25) is 0 Å². The maximum Gasteiger partial charge on any atom is 0.416 e. The van der Waals surface area contributed by atoms with Crippen molar-refractivity contribution in [3.05, 3.63) is 65.9 Å². The molecule has 0 aliphatic rings. The van der Waals surface area contributed by atoms with E-state index in [1.54, 1.807) is 6.20 Å². The summed E-state index contributed by atoms with van der Waals surface area (Å²) in [4.78, 5) is 27.5. The van der Waals surface area contributed by atoms with Gasteiger partial charge in [-0.3, -0.25) is 4.79 Å². The van der Waals surface area contributed by atoms with Crippen LogP contribution in [0.25, 0.3) is 10.9 Å². The van der Waals surface area contributed by atoms with Gasteiger partial charge in [-0.05, 0) is 29.8 Å². The first-order valence-electron chi connectivity index (χ1n) is 9.00. The first kappa shape index (κ1) is 21.2. The number of aromatic amines is 1. The second kappa shape index (κ2) is 8.89. The third-order valence-electron chi connectivity index (χ3n) is 4.45. The lowest BCUT2D eigenvalue weighted by Gasteiger charge is -2.17. The lowest BCUT2D eigenvalue weighted by molar-refractivity contribution is -0.145. The van der Waals surface area contributed by atoms with Gasteiger partial charge in [0.1, 0.15) is 11.8 Å². The van der Waals surface area contributed by atoms with Crippen LogP contribution in [0.5, 0.6) is 5.75 Å². The van der Waals surface area contributed by atoms with Crippen molar-refractivity contribution in [2.75, 3.05) is 13.7 Å². The summed E-state index contributed by atoms with van der Waals surface area (Å²) >= 11 is 0. The van der Waals surface area contributed by atoms with Gasteiger partial charge < -0.3 is 19.8 Å². The molecule has 0 saturated heterocycles. The van der Waals surface area contributed by atoms with Crippen LogP contribution in [0.1, 0.15) is 11.1 Å². The quantitative estimate of drug-likeness (QED) is 0.574. The van der Waals surface area contributed by atoms with Gasteiger partial charge in [-0.1, -0.05) is 24.3 Å². The summed E-state index contributed by atoms with van der Waals surface area (Å²) in [5.74, 6) is -1.42. The van der Waals surface area contributed by atoms with Crippen molar-refractivity contribution >= 4 is 22.8 Å². The Labute approximate surface area is 170 Å². The van der Waals surface area contributed by atoms with E-state index in [1.165, 1.54) is 19.2 Å². The van der Waals surface area contributed by atoms with Crippen LogP contribution in [0.15, 0.2) is 54.7 Å². The molecule has 1 unspecified atom stereocenters. The smallest absolute Gasteiger partial charge is 0.416 e. The first-order chi connectivity index (χ1) is 14.3. The number of hydrogen-bond acceptors (Lipinski definition) is 4. The minimum Gasteiger partial charge on any atom is -0.484 e. The van der Waals surface area contributed by atoms with E-state index < -0.39 is 36.3 Å². The number of carbonyl (C=O) groups excluding carboxylic acids is 2. The fraction of sp³-hybridized carbons (Fsp3) is 0.238. The average Bonchev–Trinajstić information content (AvgIpc) is 3.14. The third-order valence-corrected chi connectivity index (χ3v) is 4.45. The lowest BCUT2D eigenvalue weighted by atomic mass is 10.0. The maximum absolute atomic E-state index is 12.8. The molecular formula is C21H19F3N2O4. The zero-order valence-electron chi connectivity index (χ0n) is 16.0. The van der Waals surface area contributed by atoms with Crippen molar-refractivity contribution in [3.8, 4) is 5.75 Å². The molecule has 3 rings (SSSR count). The molecule has 0 radical (unpaired) electrons. The molecule has 1 amide bonds. The Morgan fingerprint density at radius 3 is 2.63 bits per heavy atom. The Bertz CT molecular complexity index is 1050. The summed E-state index contributed by atoms with van der Waals surface area (Å²) in [5, 5.41) is 3.41. The number of hydrogen-bond donors (Lipinski definition) is 2. The van der Waals surface area contributed by atoms with Crippen LogP contribution in [0.3, 0.4) is 0 Å². The van der Waals surface area contributed by atoms with Crippen LogP contribution in [-0.2, 0) is 26.9 Å². The number of para-hydroxylation sites is 1. The maximum atomic E-state index is 12.8. The number of methoxy groups -OCH3 is 1. The number of ether oxygens (including phenoxy) is 2. The average molecular weight is 420 g/mol. The molecule has 1 heterocycles. The Hall–Kier alpha value is -3.49. The highest BCUT2D eigenvalue weighted by Gasteiger charge is 2.30. The van der Waals surface area contributed by atoms with Crippen LogP contribution in [-0.4, -0.2) is 36.6 Å². The number of benzene rings is 2. The van der Waals surface area contributed by atoms with Crippen LogP contribution in [0, 0.1) is 0 Å². The van der Waals surface area contributed by atoms with E-state index in [-0.39, 0.29) is 12.2 Å². The van der Waals surface area contributed by atoms with Crippen molar-refractivity contribution < 1.29 is 32.2 Å².